The molecule has 43 heavy (non-hydrogen) atoms. The maximum Gasteiger partial charge on any atom is 0.258 e. The number of nitrogens with zero attached hydrogens (tertiary/aromatic N) is 4. The van der Waals surface area contributed by atoms with Crippen molar-refractivity contribution in [3.63, 3.8) is 0 Å². The fourth-order valence-corrected chi connectivity index (χ4v) is 5.14. The number of ether oxygens (including phenoxy) is 3. The van der Waals surface area contributed by atoms with Crippen molar-refractivity contribution in [2.75, 3.05) is 31.7 Å². The fourth-order valence-electron chi connectivity index (χ4n) is 5.14. The summed E-state index contributed by atoms with van der Waals surface area (Å²) >= 11 is 0. The van der Waals surface area contributed by atoms with E-state index in [1.807, 2.05) is 11.0 Å². The molecule has 2 aliphatic rings. The molecule has 0 saturated carbocycles. The minimum atomic E-state index is -0.505. The number of benzene rings is 2. The Morgan fingerprint density at radius 2 is 1.88 bits per heavy atom. The summed E-state index contributed by atoms with van der Waals surface area (Å²) in [5, 5.41) is 5.87. The van der Waals surface area contributed by atoms with Crippen molar-refractivity contribution >= 4 is 17.6 Å². The third kappa shape index (κ3) is 6.64. The predicted molar refractivity (Wildman–Crippen MR) is 154 cm³/mol. The maximum atomic E-state index is 14.6. The molecule has 0 spiro atoms. The molecule has 2 amide bonds. The lowest BCUT2D eigenvalue weighted by atomic mass is 10.0. The first-order valence-electron chi connectivity index (χ1n) is 13.8. The van der Waals surface area contributed by atoms with Gasteiger partial charge in [0.15, 0.2) is 6.61 Å². The van der Waals surface area contributed by atoms with Crippen LogP contribution < -0.4 is 29.7 Å². The molecule has 1 saturated heterocycles. The molecule has 2 aromatic carbocycles. The molecule has 6 bridgehead atoms. The minimum absolute atomic E-state index is 0.0853. The number of carbonyl (C=O) groups is 2. The fraction of sp³-hybridized carbons (Fsp3) is 0.258. The molecular formula is C31H29FN6O5. The first-order valence-corrected chi connectivity index (χ1v) is 13.8. The molecule has 2 atom stereocenters. The molecule has 4 heterocycles. The van der Waals surface area contributed by atoms with Crippen LogP contribution in [0.2, 0.25) is 0 Å². The van der Waals surface area contributed by atoms with E-state index in [-0.39, 0.29) is 25.0 Å². The van der Waals surface area contributed by atoms with Gasteiger partial charge in [0.1, 0.15) is 35.6 Å². The average molecular weight is 585 g/mol. The SMILES string of the molecule is COc1cc(N2CC[C@@H]3Oc4cc(F)cc(c4)CNC(=O)COc4cccc(c4)-c4cncc(c4)C(=O)N[C@@H]3C2)ncn1. The normalized spacial score (nSPS) is 18.8. The molecule has 11 nitrogen and oxygen atoms in total. The number of rotatable bonds is 2. The third-order valence-corrected chi connectivity index (χ3v) is 7.27. The van der Waals surface area contributed by atoms with Crippen LogP contribution in [0.1, 0.15) is 22.3 Å². The van der Waals surface area contributed by atoms with Gasteiger partial charge in [0, 0.05) is 56.1 Å². The van der Waals surface area contributed by atoms with Gasteiger partial charge in [-0.15, -0.1) is 0 Å². The Hall–Kier alpha value is -5.26. The highest BCUT2D eigenvalue weighted by Gasteiger charge is 2.33. The van der Waals surface area contributed by atoms with E-state index < -0.39 is 18.0 Å². The summed E-state index contributed by atoms with van der Waals surface area (Å²) < 4.78 is 31.9. The summed E-state index contributed by atoms with van der Waals surface area (Å²) in [5.41, 5.74) is 2.36. The van der Waals surface area contributed by atoms with E-state index in [1.54, 1.807) is 42.6 Å². The summed E-state index contributed by atoms with van der Waals surface area (Å²) in [6.07, 6.45) is 4.59. The van der Waals surface area contributed by atoms with Crippen LogP contribution in [0, 0.1) is 5.82 Å². The number of carbonyl (C=O) groups excluding carboxylic acids is 2. The lowest BCUT2D eigenvalue weighted by Gasteiger charge is -2.39. The summed E-state index contributed by atoms with van der Waals surface area (Å²) in [5.74, 6) is 0.634. The Kier molecular flexibility index (Phi) is 7.98. The van der Waals surface area contributed by atoms with E-state index in [2.05, 4.69) is 25.6 Å². The number of pyridine rings is 1. The van der Waals surface area contributed by atoms with E-state index in [0.29, 0.717) is 59.4 Å². The van der Waals surface area contributed by atoms with Gasteiger partial charge in [-0.2, -0.15) is 0 Å². The molecule has 2 N–H and O–H groups in total. The number of fused-ring (bicyclic) bond motifs is 8. The van der Waals surface area contributed by atoms with Crippen LogP contribution in [0.25, 0.3) is 11.1 Å². The average Bonchev–Trinajstić information content (AvgIpc) is 3.03. The molecule has 1 fully saturated rings. The van der Waals surface area contributed by atoms with E-state index in [9.17, 15) is 14.0 Å². The first-order chi connectivity index (χ1) is 20.9. The van der Waals surface area contributed by atoms with Crippen molar-refractivity contribution in [2.24, 2.45) is 0 Å². The molecule has 12 heteroatoms. The number of piperidine rings is 1. The highest BCUT2D eigenvalue weighted by molar-refractivity contribution is 5.95. The summed E-state index contributed by atoms with van der Waals surface area (Å²) in [6, 6.07) is 14.5. The zero-order valence-corrected chi connectivity index (χ0v) is 23.3. The van der Waals surface area contributed by atoms with Gasteiger partial charge >= 0.3 is 0 Å². The molecule has 220 valence electrons. The highest BCUT2D eigenvalue weighted by atomic mass is 19.1. The molecule has 0 radical (unpaired) electrons. The summed E-state index contributed by atoms with van der Waals surface area (Å²) in [6.45, 7) is 0.785. The van der Waals surface area contributed by atoms with Gasteiger partial charge in [0.2, 0.25) is 5.88 Å². The van der Waals surface area contributed by atoms with Crippen LogP contribution in [-0.4, -0.2) is 65.7 Å². The van der Waals surface area contributed by atoms with Crippen LogP contribution in [0.4, 0.5) is 10.2 Å². The largest absolute Gasteiger partial charge is 0.488 e. The standard InChI is InChI=1S/C31H29FN6O5/c1-41-30-12-28(35-18-36-30)38-6-5-27-26(16-38)37-31(40)22-9-21(14-33-15-22)20-3-2-4-24(10-20)42-17-29(39)34-13-19-7-23(32)11-25(8-19)43-27/h2-4,7-12,14-15,18,26-27H,5-6,13,16-17H2,1H3,(H,34,39)(H,37,40)/t26-,27+/m1/s1. The highest BCUT2D eigenvalue weighted by Crippen LogP contribution is 2.27. The number of anilines is 1. The van der Waals surface area contributed by atoms with Crippen molar-refractivity contribution in [1.82, 2.24) is 25.6 Å². The number of methoxy groups -OCH3 is 1. The van der Waals surface area contributed by atoms with Gasteiger partial charge in [0.05, 0.1) is 18.7 Å². The van der Waals surface area contributed by atoms with E-state index in [0.717, 1.165) is 5.56 Å². The Balaban J connectivity index is 1.35. The van der Waals surface area contributed by atoms with Crippen molar-refractivity contribution in [3.05, 3.63) is 90.3 Å². The maximum absolute atomic E-state index is 14.6. The Morgan fingerprint density at radius 1 is 1.00 bits per heavy atom. The molecule has 0 unspecified atom stereocenters. The lowest BCUT2D eigenvalue weighted by Crippen LogP contribution is -2.57. The third-order valence-electron chi connectivity index (χ3n) is 7.27. The number of aromatic nitrogens is 3. The van der Waals surface area contributed by atoms with Crippen LogP contribution in [0.3, 0.4) is 0 Å². The molecule has 2 aliphatic heterocycles. The number of hydrogen-bond acceptors (Lipinski definition) is 9. The Morgan fingerprint density at radius 3 is 2.77 bits per heavy atom. The zero-order valence-electron chi connectivity index (χ0n) is 23.3. The minimum Gasteiger partial charge on any atom is -0.488 e. The van der Waals surface area contributed by atoms with Crippen molar-refractivity contribution in [2.45, 2.75) is 25.1 Å². The van der Waals surface area contributed by atoms with Gasteiger partial charge in [-0.3, -0.25) is 14.6 Å². The molecule has 4 aromatic rings. The Bertz CT molecular complexity index is 1650. The first kappa shape index (κ1) is 27.9. The Labute approximate surface area is 247 Å². The van der Waals surface area contributed by atoms with Gasteiger partial charge in [0.25, 0.3) is 11.8 Å². The number of hydrogen-bond donors (Lipinski definition) is 2. The monoisotopic (exact) mass is 584 g/mol. The van der Waals surface area contributed by atoms with Crippen LogP contribution in [0.5, 0.6) is 17.4 Å². The van der Waals surface area contributed by atoms with Gasteiger partial charge < -0.3 is 29.7 Å². The topological polar surface area (TPSA) is 128 Å². The second-order valence-corrected chi connectivity index (χ2v) is 10.2. The number of nitrogens with one attached hydrogen (secondary N) is 2. The molecule has 0 aliphatic carbocycles. The van der Waals surface area contributed by atoms with Crippen LogP contribution in [0.15, 0.2) is 73.3 Å². The van der Waals surface area contributed by atoms with E-state index >= 15 is 0 Å². The second-order valence-electron chi connectivity index (χ2n) is 10.2. The summed E-state index contributed by atoms with van der Waals surface area (Å²) in [7, 11) is 1.53. The van der Waals surface area contributed by atoms with Crippen molar-refractivity contribution < 1.29 is 28.2 Å². The van der Waals surface area contributed by atoms with Gasteiger partial charge in [-0.25, -0.2) is 14.4 Å². The van der Waals surface area contributed by atoms with E-state index in [4.69, 9.17) is 14.2 Å². The molecular weight excluding hydrogens is 555 g/mol. The van der Waals surface area contributed by atoms with Gasteiger partial charge in [-0.1, -0.05) is 12.1 Å². The summed E-state index contributed by atoms with van der Waals surface area (Å²) in [4.78, 5) is 40.9. The molecule has 6 rings (SSSR count). The van der Waals surface area contributed by atoms with Crippen LogP contribution in [-0.2, 0) is 11.3 Å². The smallest absolute Gasteiger partial charge is 0.258 e. The molecule has 2 aromatic heterocycles. The van der Waals surface area contributed by atoms with E-state index in [1.165, 1.54) is 31.8 Å². The predicted octanol–water partition coefficient (Wildman–Crippen LogP) is 3.15. The van der Waals surface area contributed by atoms with Gasteiger partial charge in [-0.05, 0) is 41.5 Å². The van der Waals surface area contributed by atoms with Crippen molar-refractivity contribution in [3.8, 4) is 28.5 Å². The van der Waals surface area contributed by atoms with Crippen molar-refractivity contribution in [1.29, 1.82) is 0 Å². The quantitative estimate of drug-likeness (QED) is 0.365. The lowest BCUT2D eigenvalue weighted by molar-refractivity contribution is -0.123. The van der Waals surface area contributed by atoms with Crippen LogP contribution >= 0.6 is 0 Å². The second kappa shape index (κ2) is 12.3. The number of halogens is 1. The number of amides is 2. The zero-order chi connectivity index (χ0) is 29.8.